The second-order valence-electron chi connectivity index (χ2n) is 9.22. The van der Waals surface area contributed by atoms with Gasteiger partial charge in [-0.1, -0.05) is 36.4 Å². The average Bonchev–Trinajstić information content (AvgIpc) is 3.43. The number of hydrogen-bond acceptors (Lipinski definition) is 6. The molecule has 0 bridgehead atoms. The van der Waals surface area contributed by atoms with Gasteiger partial charge in [0.25, 0.3) is 10.0 Å². The van der Waals surface area contributed by atoms with Crippen molar-refractivity contribution in [2.75, 3.05) is 36.0 Å². The molecule has 1 saturated heterocycles. The summed E-state index contributed by atoms with van der Waals surface area (Å²) in [5, 5.41) is 11.7. The third-order valence-electron chi connectivity index (χ3n) is 6.69. The van der Waals surface area contributed by atoms with Crippen molar-refractivity contribution in [3.63, 3.8) is 0 Å². The molecule has 12 heteroatoms. The fourth-order valence-corrected chi connectivity index (χ4v) is 7.07. The summed E-state index contributed by atoms with van der Waals surface area (Å²) in [5.74, 6) is -0.231. The Morgan fingerprint density at radius 3 is 2.26 bits per heavy atom. The lowest BCUT2D eigenvalue weighted by atomic mass is 9.95. The quantitative estimate of drug-likeness (QED) is 0.456. The van der Waals surface area contributed by atoms with Crippen molar-refractivity contribution in [3.8, 4) is 0 Å². The van der Waals surface area contributed by atoms with E-state index in [4.69, 9.17) is 0 Å². The number of anilines is 2. The first kappa shape index (κ1) is 28.1. The molecule has 2 aromatic carbocycles. The van der Waals surface area contributed by atoms with Crippen molar-refractivity contribution in [2.24, 2.45) is 0 Å². The first-order valence-electron chi connectivity index (χ1n) is 11.9. The number of rotatable bonds is 7. The number of thiophene rings is 1. The number of piperazine rings is 1. The van der Waals surface area contributed by atoms with Crippen LogP contribution in [0.5, 0.6) is 0 Å². The Labute approximate surface area is 223 Å². The lowest BCUT2D eigenvalue weighted by molar-refractivity contribution is -0.258. The lowest BCUT2D eigenvalue weighted by Gasteiger charge is -2.44. The van der Waals surface area contributed by atoms with E-state index in [0.29, 0.717) is 18.3 Å². The Balaban J connectivity index is 1.67. The lowest BCUT2D eigenvalue weighted by Crippen LogP contribution is -2.58. The van der Waals surface area contributed by atoms with E-state index in [0.717, 1.165) is 11.3 Å². The highest BCUT2D eigenvalue weighted by Gasteiger charge is 2.51. The molecule has 0 radical (unpaired) electrons. The van der Waals surface area contributed by atoms with Crippen molar-refractivity contribution in [1.82, 2.24) is 4.31 Å². The second kappa shape index (κ2) is 10.7. The van der Waals surface area contributed by atoms with E-state index in [1.807, 2.05) is 11.0 Å². The van der Waals surface area contributed by atoms with E-state index in [1.54, 1.807) is 46.7 Å². The van der Waals surface area contributed by atoms with Gasteiger partial charge in [0.1, 0.15) is 4.21 Å². The van der Waals surface area contributed by atoms with Gasteiger partial charge in [-0.3, -0.25) is 4.79 Å². The standard InChI is InChI=1S/C26H28F3N3O4S2/c1-19(33)32(21-7-4-3-5-8-21)18-23-17-30(38(35,36)24-9-6-16-37-24)14-15-31(23)22-12-10-20(11-13-22)25(2,34)26(27,28)29/h3-13,16,23,34H,14-15,17-18H2,1-2H3/t23-,25-/m1/s1. The summed E-state index contributed by atoms with van der Waals surface area (Å²) in [5.41, 5.74) is -2.12. The molecule has 4 rings (SSSR count). The minimum absolute atomic E-state index is 0.0683. The number of alkyl halides is 3. The molecule has 204 valence electrons. The molecule has 0 spiro atoms. The van der Waals surface area contributed by atoms with Crippen molar-refractivity contribution >= 4 is 38.6 Å². The summed E-state index contributed by atoms with van der Waals surface area (Å²) in [6, 6.07) is 17.1. The normalized spacial score (nSPS) is 18.7. The van der Waals surface area contributed by atoms with Crippen LogP contribution >= 0.6 is 11.3 Å². The molecule has 1 aliphatic heterocycles. The molecule has 0 aliphatic carbocycles. The van der Waals surface area contributed by atoms with Crippen LogP contribution < -0.4 is 9.80 Å². The Morgan fingerprint density at radius 1 is 1.05 bits per heavy atom. The highest BCUT2D eigenvalue weighted by Crippen LogP contribution is 2.39. The zero-order chi connectivity index (χ0) is 27.7. The first-order chi connectivity index (χ1) is 17.8. The topological polar surface area (TPSA) is 81.2 Å². The molecule has 38 heavy (non-hydrogen) atoms. The predicted octanol–water partition coefficient (Wildman–Crippen LogP) is 4.45. The number of hydrogen-bond donors (Lipinski definition) is 1. The fraction of sp³-hybridized carbons (Fsp3) is 0.346. The number of aliphatic hydroxyl groups is 1. The first-order valence-corrected chi connectivity index (χ1v) is 14.2. The minimum atomic E-state index is -4.85. The monoisotopic (exact) mass is 567 g/mol. The molecule has 1 aliphatic rings. The summed E-state index contributed by atoms with van der Waals surface area (Å²) in [6.07, 6.45) is -4.85. The molecule has 2 atom stereocenters. The van der Waals surface area contributed by atoms with Crippen molar-refractivity contribution in [1.29, 1.82) is 0 Å². The Kier molecular flexibility index (Phi) is 7.89. The summed E-state index contributed by atoms with van der Waals surface area (Å²) in [4.78, 5) is 16.1. The van der Waals surface area contributed by atoms with Crippen molar-refractivity contribution in [2.45, 2.75) is 35.9 Å². The minimum Gasteiger partial charge on any atom is -0.376 e. The van der Waals surface area contributed by atoms with Crippen LogP contribution in [0, 0.1) is 0 Å². The Morgan fingerprint density at radius 2 is 1.71 bits per heavy atom. The Hall–Kier alpha value is -2.93. The molecule has 1 aromatic heterocycles. The molecule has 1 fully saturated rings. The highest BCUT2D eigenvalue weighted by atomic mass is 32.2. The van der Waals surface area contributed by atoms with Gasteiger partial charge < -0.3 is 14.9 Å². The van der Waals surface area contributed by atoms with Gasteiger partial charge in [0.2, 0.25) is 5.91 Å². The predicted molar refractivity (Wildman–Crippen MR) is 141 cm³/mol. The van der Waals surface area contributed by atoms with Crippen LogP contribution in [0.15, 0.2) is 76.3 Å². The number of carbonyl (C=O) groups is 1. The largest absolute Gasteiger partial charge is 0.421 e. The third kappa shape index (κ3) is 5.58. The Bertz CT molecular complexity index is 1350. The second-order valence-corrected chi connectivity index (χ2v) is 12.3. The van der Waals surface area contributed by atoms with E-state index in [1.165, 1.54) is 35.5 Å². The highest BCUT2D eigenvalue weighted by molar-refractivity contribution is 7.91. The zero-order valence-corrected chi connectivity index (χ0v) is 22.4. The number of carbonyl (C=O) groups excluding carboxylic acids is 1. The smallest absolute Gasteiger partial charge is 0.376 e. The van der Waals surface area contributed by atoms with Crippen LogP contribution in [0.2, 0.25) is 0 Å². The molecular formula is C26H28F3N3O4S2. The van der Waals surface area contributed by atoms with Gasteiger partial charge in [-0.2, -0.15) is 17.5 Å². The average molecular weight is 568 g/mol. The van der Waals surface area contributed by atoms with Crippen LogP contribution in [0.4, 0.5) is 24.5 Å². The maximum Gasteiger partial charge on any atom is 0.421 e. The SMILES string of the molecule is CC(=O)N(C[C@H]1CN(S(=O)(=O)c2cccs2)CCN1c1ccc([C@@](C)(O)C(F)(F)F)cc1)c1ccccc1. The number of para-hydroxylation sites is 1. The molecule has 1 amide bonds. The van der Waals surface area contributed by atoms with E-state index >= 15 is 0 Å². The van der Waals surface area contributed by atoms with Gasteiger partial charge in [0.15, 0.2) is 5.60 Å². The molecular weight excluding hydrogens is 539 g/mol. The number of sulfonamides is 1. The van der Waals surface area contributed by atoms with E-state index < -0.39 is 27.8 Å². The molecule has 3 aromatic rings. The van der Waals surface area contributed by atoms with Gasteiger partial charge in [-0.15, -0.1) is 11.3 Å². The van der Waals surface area contributed by atoms with E-state index in [-0.39, 0.29) is 41.9 Å². The molecule has 1 N–H and O–H groups in total. The van der Waals surface area contributed by atoms with Crippen molar-refractivity contribution in [3.05, 3.63) is 77.7 Å². The molecule has 0 unspecified atom stereocenters. The zero-order valence-electron chi connectivity index (χ0n) is 20.8. The fourth-order valence-electron chi connectivity index (χ4n) is 4.45. The number of halogens is 3. The summed E-state index contributed by atoms with van der Waals surface area (Å²) in [6.45, 7) is 2.75. The summed E-state index contributed by atoms with van der Waals surface area (Å²) >= 11 is 1.12. The van der Waals surface area contributed by atoms with Gasteiger partial charge in [-0.05, 0) is 48.2 Å². The summed E-state index contributed by atoms with van der Waals surface area (Å²) in [7, 11) is -3.76. The molecule has 2 heterocycles. The molecule has 0 saturated carbocycles. The van der Waals surface area contributed by atoms with Gasteiger partial charge in [0.05, 0.1) is 6.04 Å². The van der Waals surface area contributed by atoms with Gasteiger partial charge in [-0.25, -0.2) is 8.42 Å². The van der Waals surface area contributed by atoms with Gasteiger partial charge >= 0.3 is 6.18 Å². The van der Waals surface area contributed by atoms with E-state index in [2.05, 4.69) is 0 Å². The van der Waals surface area contributed by atoms with Crippen LogP contribution in [0.25, 0.3) is 0 Å². The maximum atomic E-state index is 13.3. The van der Waals surface area contributed by atoms with Crippen LogP contribution in [-0.4, -0.2) is 62.1 Å². The van der Waals surface area contributed by atoms with E-state index in [9.17, 15) is 31.5 Å². The number of nitrogens with zero attached hydrogens (tertiary/aromatic N) is 3. The molecule has 7 nitrogen and oxygen atoms in total. The van der Waals surface area contributed by atoms with Crippen molar-refractivity contribution < 1.29 is 31.5 Å². The van der Waals surface area contributed by atoms with Crippen LogP contribution in [0.3, 0.4) is 0 Å². The van der Waals surface area contributed by atoms with Crippen LogP contribution in [-0.2, 0) is 20.4 Å². The maximum absolute atomic E-state index is 13.3. The number of benzene rings is 2. The van der Waals surface area contributed by atoms with Gasteiger partial charge in [0, 0.05) is 44.5 Å². The van der Waals surface area contributed by atoms with Crippen LogP contribution in [0.1, 0.15) is 19.4 Å². The number of amides is 1. The third-order valence-corrected chi connectivity index (χ3v) is 9.93. The summed E-state index contributed by atoms with van der Waals surface area (Å²) < 4.78 is 68.1.